The number of fused-ring (bicyclic) bond motifs is 1. The number of benzene rings is 1. The molecule has 0 spiro atoms. The van der Waals surface area contributed by atoms with Crippen molar-refractivity contribution in [2.24, 2.45) is 10.9 Å². The van der Waals surface area contributed by atoms with Crippen molar-refractivity contribution in [3.05, 3.63) is 24.3 Å². The smallest absolute Gasteiger partial charge is 0.224 e. The number of morpholine rings is 1. The zero-order valence-electron chi connectivity index (χ0n) is 17.6. The van der Waals surface area contributed by atoms with Crippen LogP contribution >= 0.6 is 23.5 Å². The van der Waals surface area contributed by atoms with Crippen molar-refractivity contribution in [3.63, 3.8) is 0 Å². The SMILES string of the molecule is CSc1ccc(NC2=NC3C(O)C(O)CC(C(=O)NCCN4CCOCC4)C3S2)cc1. The molecule has 0 radical (unpaired) electrons. The molecule has 1 saturated heterocycles. The van der Waals surface area contributed by atoms with Crippen LogP contribution in [0.2, 0.25) is 0 Å². The zero-order valence-corrected chi connectivity index (χ0v) is 19.2. The molecule has 10 heteroatoms. The zero-order chi connectivity index (χ0) is 21.8. The van der Waals surface area contributed by atoms with Gasteiger partial charge >= 0.3 is 0 Å². The molecule has 8 nitrogen and oxygen atoms in total. The Bertz CT molecular complexity index is 788. The van der Waals surface area contributed by atoms with Gasteiger partial charge in [0.05, 0.1) is 31.3 Å². The number of carbonyl (C=O) groups is 1. The maximum Gasteiger partial charge on any atom is 0.224 e. The molecule has 31 heavy (non-hydrogen) atoms. The molecule has 1 saturated carbocycles. The van der Waals surface area contributed by atoms with Gasteiger partial charge in [0.15, 0.2) is 5.17 Å². The maximum atomic E-state index is 12.9. The van der Waals surface area contributed by atoms with Gasteiger partial charge in [-0.1, -0.05) is 11.8 Å². The lowest BCUT2D eigenvalue weighted by Gasteiger charge is -2.37. The minimum Gasteiger partial charge on any atom is -0.390 e. The number of ether oxygens (including phenoxy) is 1. The van der Waals surface area contributed by atoms with Crippen molar-refractivity contribution in [1.82, 2.24) is 10.2 Å². The molecule has 1 aliphatic carbocycles. The van der Waals surface area contributed by atoms with Gasteiger partial charge in [-0.3, -0.25) is 14.7 Å². The number of hydrogen-bond acceptors (Lipinski definition) is 9. The summed E-state index contributed by atoms with van der Waals surface area (Å²) in [7, 11) is 0. The summed E-state index contributed by atoms with van der Waals surface area (Å²) in [6, 6.07) is 7.53. The molecule has 1 aromatic carbocycles. The number of nitrogens with one attached hydrogen (secondary N) is 2. The molecule has 1 aromatic rings. The Balaban J connectivity index is 1.36. The minimum atomic E-state index is -0.965. The van der Waals surface area contributed by atoms with Gasteiger partial charge in [0.1, 0.15) is 6.10 Å². The molecule has 1 amide bonds. The molecule has 0 bridgehead atoms. The number of hydrogen-bond donors (Lipinski definition) is 4. The number of amidine groups is 1. The Morgan fingerprint density at radius 1 is 1.29 bits per heavy atom. The summed E-state index contributed by atoms with van der Waals surface area (Å²) in [6.07, 6.45) is 0.348. The Morgan fingerprint density at radius 3 is 2.74 bits per heavy atom. The lowest BCUT2D eigenvalue weighted by Crippen LogP contribution is -2.54. The van der Waals surface area contributed by atoms with Gasteiger partial charge in [0.2, 0.25) is 5.91 Å². The van der Waals surface area contributed by atoms with E-state index in [-0.39, 0.29) is 17.6 Å². The molecule has 2 fully saturated rings. The number of carbonyl (C=O) groups excluding carboxylic acids is 1. The third kappa shape index (κ3) is 5.55. The molecule has 0 aromatic heterocycles. The summed E-state index contributed by atoms with van der Waals surface area (Å²) in [5, 5.41) is 27.6. The number of amides is 1. The second-order valence-electron chi connectivity index (χ2n) is 8.01. The van der Waals surface area contributed by atoms with Crippen molar-refractivity contribution in [2.75, 3.05) is 51.0 Å². The van der Waals surface area contributed by atoms with Crippen LogP contribution in [0, 0.1) is 5.92 Å². The molecule has 5 unspecified atom stereocenters. The van der Waals surface area contributed by atoms with E-state index in [1.807, 2.05) is 30.5 Å². The van der Waals surface area contributed by atoms with Gasteiger partial charge in [-0.25, -0.2) is 0 Å². The number of aliphatic imine (C=N–C) groups is 1. The van der Waals surface area contributed by atoms with Gasteiger partial charge in [-0.2, -0.15) is 0 Å². The number of thioether (sulfide) groups is 2. The lowest BCUT2D eigenvalue weighted by atomic mass is 9.81. The van der Waals surface area contributed by atoms with E-state index >= 15 is 0 Å². The lowest BCUT2D eigenvalue weighted by molar-refractivity contribution is -0.129. The average Bonchev–Trinajstić information content (AvgIpc) is 3.21. The molecule has 4 N–H and O–H groups in total. The van der Waals surface area contributed by atoms with Crippen LogP contribution in [-0.2, 0) is 9.53 Å². The van der Waals surface area contributed by atoms with Crippen LogP contribution in [0.4, 0.5) is 5.69 Å². The van der Waals surface area contributed by atoms with Crippen LogP contribution in [0.5, 0.6) is 0 Å². The first-order chi connectivity index (χ1) is 15.0. The van der Waals surface area contributed by atoms with Crippen molar-refractivity contribution in [3.8, 4) is 0 Å². The maximum absolute atomic E-state index is 12.9. The van der Waals surface area contributed by atoms with Crippen LogP contribution in [0.3, 0.4) is 0 Å². The third-order valence-corrected chi connectivity index (χ3v) is 8.05. The normalized spacial score (nSPS) is 31.1. The summed E-state index contributed by atoms with van der Waals surface area (Å²) in [4.78, 5) is 21.0. The fourth-order valence-corrected chi connectivity index (χ4v) is 5.98. The van der Waals surface area contributed by atoms with Crippen LogP contribution in [0.1, 0.15) is 6.42 Å². The Kier molecular flexibility index (Phi) is 7.78. The standard InChI is InChI=1S/C21H30N4O4S2/c1-30-14-4-2-13(3-5-14)23-21-24-17-18(27)16(26)12-15(19(17)31-21)20(28)22-6-7-25-8-10-29-11-9-25/h2-5,15-19,26-27H,6-12H2,1H3,(H,22,28)(H,23,24). The van der Waals surface area contributed by atoms with Crippen molar-refractivity contribution < 1.29 is 19.7 Å². The Hall–Kier alpha value is -1.30. The number of aliphatic hydroxyl groups excluding tert-OH is 2. The number of rotatable bonds is 6. The van der Waals surface area contributed by atoms with E-state index < -0.39 is 24.2 Å². The number of anilines is 1. The third-order valence-electron chi connectivity index (χ3n) is 6.00. The fourth-order valence-electron chi connectivity index (χ4n) is 4.20. The van der Waals surface area contributed by atoms with Crippen LogP contribution < -0.4 is 10.6 Å². The molecule has 4 rings (SSSR count). The van der Waals surface area contributed by atoms with E-state index in [1.165, 1.54) is 16.7 Å². The summed E-state index contributed by atoms with van der Waals surface area (Å²) < 4.78 is 5.35. The van der Waals surface area contributed by atoms with E-state index in [0.717, 1.165) is 38.5 Å². The van der Waals surface area contributed by atoms with Gasteiger partial charge in [-0.15, -0.1) is 11.8 Å². The van der Waals surface area contributed by atoms with E-state index in [4.69, 9.17) is 4.74 Å². The van der Waals surface area contributed by atoms with Crippen LogP contribution in [0.15, 0.2) is 34.2 Å². The van der Waals surface area contributed by atoms with Crippen molar-refractivity contribution >= 4 is 40.3 Å². The van der Waals surface area contributed by atoms with Crippen molar-refractivity contribution in [1.29, 1.82) is 0 Å². The quantitative estimate of drug-likeness (QED) is 0.457. The summed E-state index contributed by atoms with van der Waals surface area (Å²) in [5.41, 5.74) is 0.907. The first-order valence-electron chi connectivity index (χ1n) is 10.6. The van der Waals surface area contributed by atoms with Crippen LogP contribution in [-0.4, -0.2) is 95.3 Å². The summed E-state index contributed by atoms with van der Waals surface area (Å²) >= 11 is 3.16. The average molecular weight is 467 g/mol. The largest absolute Gasteiger partial charge is 0.390 e. The molecule has 2 heterocycles. The number of nitrogens with zero attached hydrogens (tertiary/aromatic N) is 2. The monoisotopic (exact) mass is 466 g/mol. The molecule has 5 atom stereocenters. The van der Waals surface area contributed by atoms with Gasteiger partial charge in [0, 0.05) is 42.0 Å². The topological polar surface area (TPSA) is 106 Å². The predicted molar refractivity (Wildman–Crippen MR) is 125 cm³/mol. The highest BCUT2D eigenvalue weighted by Crippen LogP contribution is 2.41. The second kappa shape index (κ2) is 10.5. The highest BCUT2D eigenvalue weighted by Gasteiger charge is 2.50. The number of aliphatic hydroxyl groups is 2. The molecular formula is C21H30N4O4S2. The fraction of sp³-hybridized carbons (Fsp3) is 0.619. The first kappa shape index (κ1) is 22.9. The highest BCUT2D eigenvalue weighted by molar-refractivity contribution is 8.15. The predicted octanol–water partition coefficient (Wildman–Crippen LogP) is 0.851. The van der Waals surface area contributed by atoms with E-state index in [2.05, 4.69) is 20.5 Å². The van der Waals surface area contributed by atoms with Crippen LogP contribution in [0.25, 0.3) is 0 Å². The second-order valence-corrected chi connectivity index (χ2v) is 10.1. The molecular weight excluding hydrogens is 436 g/mol. The molecule has 170 valence electrons. The van der Waals surface area contributed by atoms with E-state index in [1.54, 1.807) is 11.8 Å². The summed E-state index contributed by atoms with van der Waals surface area (Å²) in [5.74, 6) is -0.484. The van der Waals surface area contributed by atoms with Gasteiger partial charge in [-0.05, 0) is 36.9 Å². The first-order valence-corrected chi connectivity index (χ1v) is 12.7. The van der Waals surface area contributed by atoms with Gasteiger partial charge < -0.3 is 25.6 Å². The van der Waals surface area contributed by atoms with Gasteiger partial charge in [0.25, 0.3) is 0 Å². The van der Waals surface area contributed by atoms with E-state index in [9.17, 15) is 15.0 Å². The van der Waals surface area contributed by atoms with Crippen molar-refractivity contribution in [2.45, 2.75) is 34.8 Å². The van der Waals surface area contributed by atoms with E-state index in [0.29, 0.717) is 11.7 Å². The summed E-state index contributed by atoms with van der Waals surface area (Å²) in [6.45, 7) is 4.56. The Labute approximate surface area is 191 Å². The molecule has 3 aliphatic rings. The Morgan fingerprint density at radius 2 is 2.03 bits per heavy atom. The highest BCUT2D eigenvalue weighted by atomic mass is 32.2. The molecule has 2 aliphatic heterocycles. The minimum absolute atomic E-state index is 0.0810.